The second kappa shape index (κ2) is 12.4. The van der Waals surface area contributed by atoms with Crippen LogP contribution in [0.1, 0.15) is 41.4 Å². The van der Waals surface area contributed by atoms with Crippen molar-refractivity contribution in [1.29, 1.82) is 0 Å². The molecule has 0 bridgehead atoms. The van der Waals surface area contributed by atoms with Gasteiger partial charge in [-0.2, -0.15) is 0 Å². The van der Waals surface area contributed by atoms with Crippen LogP contribution in [0.25, 0.3) is 0 Å². The minimum atomic E-state index is -5.25. The first-order valence-corrected chi connectivity index (χ1v) is 8.33. The van der Waals surface area contributed by atoms with Crippen molar-refractivity contribution in [2.45, 2.75) is 0 Å². The summed E-state index contributed by atoms with van der Waals surface area (Å²) in [6.45, 7) is 0. The Balaban J connectivity index is 0.00000392. The van der Waals surface area contributed by atoms with Crippen molar-refractivity contribution in [3.05, 3.63) is 70.8 Å². The van der Waals surface area contributed by atoms with Gasteiger partial charge in [0.2, 0.25) is 0 Å². The average Bonchev–Trinajstić information content (AvgIpc) is 2.60. The first-order chi connectivity index (χ1) is 12.6. The first kappa shape index (κ1) is 28.5. The van der Waals surface area contributed by atoms with Crippen molar-refractivity contribution >= 4 is 137 Å². The van der Waals surface area contributed by atoms with E-state index >= 15 is 0 Å². The fourth-order valence-electron chi connectivity index (χ4n) is 1.99. The Bertz CT molecular complexity index is 972. The normalized spacial score (nSPS) is 9.93. The van der Waals surface area contributed by atoms with Gasteiger partial charge < -0.3 is 18.6 Å². The van der Waals surface area contributed by atoms with Crippen LogP contribution in [0.2, 0.25) is 0 Å². The molecular weight excluding hydrogens is 462 g/mol. The van der Waals surface area contributed by atoms with Crippen LogP contribution in [0.15, 0.2) is 48.5 Å². The maximum atomic E-state index is 11.9. The van der Waals surface area contributed by atoms with E-state index in [2.05, 4.69) is 8.37 Å². The minimum absolute atomic E-state index is 0. The zero-order valence-corrected chi connectivity index (χ0v) is 14.0. The zero-order chi connectivity index (χ0) is 20.2. The molecule has 2 N–H and O–H groups in total. The van der Waals surface area contributed by atoms with Crippen LogP contribution in [-0.2, 0) is 18.8 Å². The summed E-state index contributed by atoms with van der Waals surface area (Å²) >= 11 is 0. The molecule has 0 saturated heterocycles. The van der Waals surface area contributed by atoms with Crippen LogP contribution >= 0.6 is 0 Å². The second-order valence-electron chi connectivity index (χ2n) is 4.85. The zero-order valence-electron chi connectivity index (χ0n) is 13.2. The molecule has 29 heavy (non-hydrogen) atoms. The van der Waals surface area contributed by atoms with E-state index in [4.69, 9.17) is 10.2 Å². The number of aromatic carboxylic acids is 2. The third-order valence-electron chi connectivity index (χ3n) is 3.11. The molecule has 0 heterocycles. The summed E-state index contributed by atoms with van der Waals surface area (Å²) in [6.07, 6.45) is 0. The Morgan fingerprint density at radius 3 is 1.17 bits per heavy atom. The molecule has 0 aromatic heterocycles. The van der Waals surface area contributed by atoms with E-state index in [0.717, 1.165) is 24.3 Å². The summed E-state index contributed by atoms with van der Waals surface area (Å²) in [4.78, 5) is 46.0. The van der Waals surface area contributed by atoms with Crippen LogP contribution in [0.5, 0.6) is 0 Å². The number of hydrogen-bond donors (Lipinski definition) is 2. The van der Waals surface area contributed by atoms with Crippen molar-refractivity contribution in [3.63, 3.8) is 0 Å². The number of rotatable bonds is 6. The monoisotopic (exact) mass is 474 g/mol. The molecule has 0 aliphatic carbocycles. The molecule has 2 aromatic rings. The van der Waals surface area contributed by atoms with Gasteiger partial charge in [-0.15, -0.1) is 8.42 Å². The maximum absolute atomic E-state index is 11.9. The van der Waals surface area contributed by atoms with Crippen LogP contribution in [0, 0.1) is 0 Å². The average molecular weight is 475 g/mol. The van der Waals surface area contributed by atoms with Gasteiger partial charge >= 0.3 is 137 Å². The predicted molar refractivity (Wildman–Crippen MR) is 101 cm³/mol. The van der Waals surface area contributed by atoms with E-state index in [1.807, 2.05) is 0 Å². The molecule has 13 heteroatoms. The molecule has 2 aromatic carbocycles. The van der Waals surface area contributed by atoms with E-state index in [0.29, 0.717) is 0 Å². The molecule has 0 aliphatic heterocycles. The topological polar surface area (TPSA) is 161 Å². The SMILES string of the molecule is O=C(O)c1ccccc1C(=O)OS(=O)(=O)OC(=O)c1ccccc1C(=O)O.[KH].[KH]. The summed E-state index contributed by atoms with van der Waals surface area (Å²) in [6, 6.07) is 9.23. The summed E-state index contributed by atoms with van der Waals surface area (Å²) in [5, 5.41) is 18.0. The standard InChI is InChI=1S/C16H10O10S.2K.2H/c17-13(18)9-5-1-3-7-11(9)15(21)25-27(23,24)26-16(22)12-8-4-2-6-10(12)14(19)20;;;;/h1-8H,(H,17,18)(H,19,20);;;;. The Morgan fingerprint density at radius 2 is 0.897 bits per heavy atom. The molecule has 144 valence electrons. The van der Waals surface area contributed by atoms with Gasteiger partial charge in [-0.3, -0.25) is 0 Å². The Kier molecular flexibility index (Phi) is 12.2. The van der Waals surface area contributed by atoms with E-state index in [-0.39, 0.29) is 103 Å². The number of carbonyl (C=O) groups is 4. The third kappa shape index (κ3) is 7.95. The predicted octanol–water partition coefficient (Wildman–Crippen LogP) is 0.0446. The van der Waals surface area contributed by atoms with E-state index in [1.165, 1.54) is 24.3 Å². The fourth-order valence-corrected chi connectivity index (χ4v) is 2.57. The molecule has 10 nitrogen and oxygen atoms in total. The van der Waals surface area contributed by atoms with E-state index in [1.54, 1.807) is 0 Å². The fraction of sp³-hybridized carbons (Fsp3) is 0. The molecule has 0 aliphatic rings. The van der Waals surface area contributed by atoms with Crippen LogP contribution in [-0.4, -0.2) is 145 Å². The van der Waals surface area contributed by atoms with Crippen LogP contribution in [0.3, 0.4) is 0 Å². The molecule has 0 saturated carbocycles. The van der Waals surface area contributed by atoms with Gasteiger partial charge in [-0.1, -0.05) is 24.3 Å². The van der Waals surface area contributed by atoms with Crippen LogP contribution < -0.4 is 0 Å². The van der Waals surface area contributed by atoms with Gasteiger partial charge in [0.25, 0.3) is 0 Å². The Morgan fingerprint density at radius 1 is 0.621 bits per heavy atom. The first-order valence-electron chi connectivity index (χ1n) is 6.99. The van der Waals surface area contributed by atoms with Gasteiger partial charge in [-0.05, 0) is 24.3 Å². The summed E-state index contributed by atoms with van der Waals surface area (Å²) in [5.74, 6) is -6.20. The van der Waals surface area contributed by atoms with Crippen LogP contribution in [0.4, 0.5) is 0 Å². The Hall–Kier alpha value is -0.457. The van der Waals surface area contributed by atoms with E-state index < -0.39 is 56.5 Å². The van der Waals surface area contributed by atoms with E-state index in [9.17, 15) is 27.6 Å². The third-order valence-corrected chi connectivity index (χ3v) is 3.82. The number of carbonyl (C=O) groups excluding carboxylic acids is 2. The summed E-state index contributed by atoms with van der Waals surface area (Å²) in [7, 11) is -5.25. The molecule has 0 amide bonds. The van der Waals surface area contributed by atoms with Crippen molar-refractivity contribution < 1.29 is 46.2 Å². The van der Waals surface area contributed by atoms with Crippen molar-refractivity contribution in [2.75, 3.05) is 0 Å². The molecular formula is C16H12K2O10S. The number of carboxylic acid groups (broad SMARTS) is 2. The van der Waals surface area contributed by atoms with Crippen molar-refractivity contribution in [1.82, 2.24) is 0 Å². The van der Waals surface area contributed by atoms with Crippen molar-refractivity contribution in [3.8, 4) is 0 Å². The summed E-state index contributed by atoms with van der Waals surface area (Å²) < 4.78 is 31.7. The molecule has 0 unspecified atom stereocenters. The number of carboxylic acids is 2. The number of benzene rings is 2. The molecule has 0 atom stereocenters. The van der Waals surface area contributed by atoms with Gasteiger partial charge in [0, 0.05) is 0 Å². The Labute approximate surface area is 249 Å². The molecule has 2 rings (SSSR count). The molecule has 0 fully saturated rings. The van der Waals surface area contributed by atoms with Gasteiger partial charge in [0.1, 0.15) is 0 Å². The van der Waals surface area contributed by atoms with Crippen molar-refractivity contribution in [2.24, 2.45) is 0 Å². The van der Waals surface area contributed by atoms with Gasteiger partial charge in [-0.25, -0.2) is 19.2 Å². The number of hydrogen-bond acceptors (Lipinski definition) is 8. The quantitative estimate of drug-likeness (QED) is 0.547. The second-order valence-corrected chi connectivity index (χ2v) is 6.00. The van der Waals surface area contributed by atoms with Gasteiger partial charge in [0.15, 0.2) is 0 Å². The molecule has 0 radical (unpaired) electrons. The summed E-state index contributed by atoms with van der Waals surface area (Å²) in [5.41, 5.74) is -2.23. The van der Waals surface area contributed by atoms with Gasteiger partial charge in [0.05, 0.1) is 22.3 Å². The molecule has 0 spiro atoms.